The van der Waals surface area contributed by atoms with Gasteiger partial charge in [0.1, 0.15) is 0 Å². The summed E-state index contributed by atoms with van der Waals surface area (Å²) in [5.41, 5.74) is 7.12. The highest BCUT2D eigenvalue weighted by molar-refractivity contribution is 7.98. The molecule has 1 rings (SSSR count). The number of nitrogens with two attached hydrogens (primary N) is 1. The summed E-state index contributed by atoms with van der Waals surface area (Å²) in [6.07, 6.45) is 7.32. The average molecular weight is 241 g/mol. The van der Waals surface area contributed by atoms with E-state index in [9.17, 15) is 0 Å². The molecule has 1 heterocycles. The maximum atomic E-state index is 6.00. The molecule has 0 saturated carbocycles. The minimum Gasteiger partial charge on any atom is -0.327 e. The molecule has 16 heavy (non-hydrogen) atoms. The van der Waals surface area contributed by atoms with E-state index in [-0.39, 0.29) is 6.04 Å². The van der Waals surface area contributed by atoms with Gasteiger partial charge in [0, 0.05) is 24.4 Å². The van der Waals surface area contributed by atoms with Crippen molar-refractivity contribution in [3.8, 4) is 0 Å². The minimum absolute atomic E-state index is 0.222. The van der Waals surface area contributed by atoms with E-state index in [0.29, 0.717) is 6.04 Å². The van der Waals surface area contributed by atoms with Crippen LogP contribution in [0.25, 0.3) is 0 Å². The molecule has 0 bridgehead atoms. The van der Waals surface area contributed by atoms with Gasteiger partial charge in [0.15, 0.2) is 0 Å². The van der Waals surface area contributed by atoms with Crippen molar-refractivity contribution in [2.75, 3.05) is 12.0 Å². The Labute approximate surface area is 103 Å². The van der Waals surface area contributed by atoms with E-state index >= 15 is 0 Å². The Morgan fingerprint density at radius 3 is 2.69 bits per heavy atom. The fourth-order valence-electron chi connectivity index (χ4n) is 1.89. The first-order valence-corrected chi connectivity index (χ1v) is 7.39. The zero-order valence-corrected chi connectivity index (χ0v) is 11.3. The average Bonchev–Trinajstić information content (AvgIpc) is 2.68. The van der Waals surface area contributed by atoms with Gasteiger partial charge in [-0.05, 0) is 25.2 Å². The minimum atomic E-state index is 0.222. The third kappa shape index (κ3) is 3.83. The predicted molar refractivity (Wildman–Crippen MR) is 71.9 cm³/mol. The number of aromatic nitrogens is 2. The third-order valence-corrected chi connectivity index (χ3v) is 3.59. The second-order valence-corrected chi connectivity index (χ2v) is 5.09. The van der Waals surface area contributed by atoms with Crippen molar-refractivity contribution in [2.45, 2.75) is 45.2 Å². The van der Waals surface area contributed by atoms with Crippen molar-refractivity contribution >= 4 is 11.8 Å². The zero-order valence-electron chi connectivity index (χ0n) is 10.5. The summed E-state index contributed by atoms with van der Waals surface area (Å²) in [6.45, 7) is 4.41. The number of rotatable bonds is 7. The van der Waals surface area contributed by atoms with Crippen molar-refractivity contribution in [1.82, 2.24) is 9.78 Å². The van der Waals surface area contributed by atoms with Crippen LogP contribution in [0.15, 0.2) is 12.3 Å². The van der Waals surface area contributed by atoms with Crippen molar-refractivity contribution in [1.29, 1.82) is 0 Å². The molecule has 1 unspecified atom stereocenters. The van der Waals surface area contributed by atoms with Gasteiger partial charge in [-0.15, -0.1) is 0 Å². The summed E-state index contributed by atoms with van der Waals surface area (Å²) < 4.78 is 2.08. The van der Waals surface area contributed by atoms with Gasteiger partial charge in [-0.25, -0.2) is 0 Å². The van der Waals surface area contributed by atoms with E-state index < -0.39 is 0 Å². The van der Waals surface area contributed by atoms with Gasteiger partial charge in [-0.2, -0.15) is 16.9 Å². The molecule has 0 aliphatic carbocycles. The van der Waals surface area contributed by atoms with Gasteiger partial charge < -0.3 is 5.73 Å². The molecular weight excluding hydrogens is 218 g/mol. The van der Waals surface area contributed by atoms with Crippen LogP contribution in [-0.4, -0.2) is 27.8 Å². The lowest BCUT2D eigenvalue weighted by Crippen LogP contribution is -2.25. The van der Waals surface area contributed by atoms with Crippen molar-refractivity contribution in [3.63, 3.8) is 0 Å². The van der Waals surface area contributed by atoms with Crippen LogP contribution in [0.2, 0.25) is 0 Å². The van der Waals surface area contributed by atoms with E-state index in [1.54, 1.807) is 11.8 Å². The maximum Gasteiger partial charge on any atom is 0.0640 e. The lowest BCUT2D eigenvalue weighted by atomic mass is 10.2. The SMILES string of the molecule is CCC(CC)n1ccc(CC(N)CSC)n1. The fourth-order valence-corrected chi connectivity index (χ4v) is 2.44. The summed E-state index contributed by atoms with van der Waals surface area (Å²) in [6, 6.07) is 2.85. The zero-order chi connectivity index (χ0) is 12.0. The quantitative estimate of drug-likeness (QED) is 0.797. The molecule has 0 aromatic carbocycles. The molecule has 92 valence electrons. The number of hydrogen-bond acceptors (Lipinski definition) is 3. The molecule has 2 N–H and O–H groups in total. The van der Waals surface area contributed by atoms with E-state index in [1.165, 1.54) is 0 Å². The highest BCUT2D eigenvalue weighted by Gasteiger charge is 2.10. The Kier molecular flexibility index (Phi) is 5.91. The van der Waals surface area contributed by atoms with Crippen LogP contribution in [0.1, 0.15) is 38.4 Å². The second-order valence-electron chi connectivity index (χ2n) is 4.18. The van der Waals surface area contributed by atoms with E-state index in [4.69, 9.17) is 5.73 Å². The molecule has 0 amide bonds. The van der Waals surface area contributed by atoms with Crippen LogP contribution in [0.3, 0.4) is 0 Å². The highest BCUT2D eigenvalue weighted by atomic mass is 32.2. The Hall–Kier alpha value is -0.480. The van der Waals surface area contributed by atoms with Gasteiger partial charge in [0.25, 0.3) is 0 Å². The van der Waals surface area contributed by atoms with Crippen LogP contribution in [0.4, 0.5) is 0 Å². The van der Waals surface area contributed by atoms with Crippen molar-refractivity contribution in [2.24, 2.45) is 5.73 Å². The van der Waals surface area contributed by atoms with Gasteiger partial charge in [-0.1, -0.05) is 13.8 Å². The van der Waals surface area contributed by atoms with Crippen molar-refractivity contribution < 1.29 is 0 Å². The Balaban J connectivity index is 2.57. The van der Waals surface area contributed by atoms with Crippen LogP contribution in [0.5, 0.6) is 0 Å². The van der Waals surface area contributed by atoms with E-state index in [0.717, 1.165) is 30.7 Å². The molecule has 1 aromatic heterocycles. The first kappa shape index (κ1) is 13.6. The highest BCUT2D eigenvalue weighted by Crippen LogP contribution is 2.15. The van der Waals surface area contributed by atoms with Crippen LogP contribution < -0.4 is 5.73 Å². The topological polar surface area (TPSA) is 43.8 Å². The Morgan fingerprint density at radius 2 is 2.12 bits per heavy atom. The molecule has 4 heteroatoms. The van der Waals surface area contributed by atoms with Gasteiger partial charge in [-0.3, -0.25) is 4.68 Å². The van der Waals surface area contributed by atoms with Crippen LogP contribution in [-0.2, 0) is 6.42 Å². The maximum absolute atomic E-state index is 6.00. The first-order valence-electron chi connectivity index (χ1n) is 5.99. The summed E-state index contributed by atoms with van der Waals surface area (Å²) in [7, 11) is 0. The summed E-state index contributed by atoms with van der Waals surface area (Å²) in [4.78, 5) is 0. The molecule has 0 radical (unpaired) electrons. The van der Waals surface area contributed by atoms with E-state index in [1.807, 2.05) is 0 Å². The monoisotopic (exact) mass is 241 g/mol. The lowest BCUT2D eigenvalue weighted by molar-refractivity contribution is 0.424. The summed E-state index contributed by atoms with van der Waals surface area (Å²) in [5, 5.41) is 4.60. The molecule has 0 aliphatic heterocycles. The van der Waals surface area contributed by atoms with Crippen molar-refractivity contribution in [3.05, 3.63) is 18.0 Å². The standard InChI is InChI=1S/C12H23N3S/c1-4-12(5-2)15-7-6-11(14-15)8-10(13)9-16-3/h6-7,10,12H,4-5,8-9,13H2,1-3H3. The van der Waals surface area contributed by atoms with Crippen LogP contribution in [0, 0.1) is 0 Å². The van der Waals surface area contributed by atoms with Crippen LogP contribution >= 0.6 is 11.8 Å². The Bertz CT molecular complexity index is 294. The second kappa shape index (κ2) is 6.97. The smallest absolute Gasteiger partial charge is 0.0640 e. The number of hydrogen-bond donors (Lipinski definition) is 1. The summed E-state index contributed by atoms with van der Waals surface area (Å²) in [5.74, 6) is 0.998. The van der Waals surface area contributed by atoms with Gasteiger partial charge in [0.05, 0.1) is 11.7 Å². The molecule has 3 nitrogen and oxygen atoms in total. The normalized spacial score (nSPS) is 13.3. The fraction of sp³-hybridized carbons (Fsp3) is 0.750. The molecule has 0 fully saturated rings. The number of thioether (sulfide) groups is 1. The first-order chi connectivity index (χ1) is 7.71. The molecule has 1 aromatic rings. The summed E-state index contributed by atoms with van der Waals surface area (Å²) >= 11 is 1.79. The Morgan fingerprint density at radius 1 is 1.44 bits per heavy atom. The largest absolute Gasteiger partial charge is 0.327 e. The molecule has 0 saturated heterocycles. The van der Waals surface area contributed by atoms with Gasteiger partial charge >= 0.3 is 0 Å². The predicted octanol–water partition coefficient (Wildman–Crippen LogP) is 2.48. The molecule has 0 aliphatic rings. The lowest BCUT2D eigenvalue weighted by Gasteiger charge is -2.12. The van der Waals surface area contributed by atoms with E-state index in [2.05, 4.69) is 42.1 Å². The number of nitrogens with zero attached hydrogens (tertiary/aromatic N) is 2. The van der Waals surface area contributed by atoms with Gasteiger partial charge in [0.2, 0.25) is 0 Å². The molecular formula is C12H23N3S. The molecule has 0 spiro atoms. The molecule has 1 atom stereocenters. The third-order valence-electron chi connectivity index (χ3n) is 2.83.